The molecule has 4 nitrogen and oxygen atoms in total. The Balaban J connectivity index is 2.83. The first-order valence-corrected chi connectivity index (χ1v) is 6.57. The lowest BCUT2D eigenvalue weighted by atomic mass is 10.1. The van der Waals surface area contributed by atoms with Gasteiger partial charge in [0.05, 0.1) is 6.61 Å². The fourth-order valence-electron chi connectivity index (χ4n) is 1.71. The summed E-state index contributed by atoms with van der Waals surface area (Å²) in [4.78, 5) is 13.4. The van der Waals surface area contributed by atoms with Crippen molar-refractivity contribution in [2.24, 2.45) is 0 Å². The summed E-state index contributed by atoms with van der Waals surface area (Å²) in [6.07, 6.45) is 0. The molecule has 0 bridgehead atoms. The molecule has 0 heterocycles. The Hall–Kier alpha value is -1.69. The Bertz CT molecular complexity index is 443. The van der Waals surface area contributed by atoms with Gasteiger partial charge in [0, 0.05) is 32.3 Å². The van der Waals surface area contributed by atoms with E-state index in [1.165, 1.54) is 4.90 Å². The van der Waals surface area contributed by atoms with Crippen molar-refractivity contribution in [3.63, 3.8) is 0 Å². The molecule has 1 aromatic rings. The van der Waals surface area contributed by atoms with Gasteiger partial charge in [-0.15, -0.1) is 0 Å². The summed E-state index contributed by atoms with van der Waals surface area (Å²) < 4.78 is 32.6. The second kappa shape index (κ2) is 7.79. The monoisotopic (exact) mass is 286 g/mol. The molecule has 0 aliphatic rings. The van der Waals surface area contributed by atoms with E-state index in [-0.39, 0.29) is 11.3 Å². The maximum Gasteiger partial charge on any atom is 0.253 e. The van der Waals surface area contributed by atoms with Gasteiger partial charge in [-0.1, -0.05) is 0 Å². The van der Waals surface area contributed by atoms with Crippen LogP contribution >= 0.6 is 0 Å². The van der Waals surface area contributed by atoms with E-state index in [0.29, 0.717) is 26.3 Å². The molecule has 20 heavy (non-hydrogen) atoms. The molecule has 1 amide bonds. The van der Waals surface area contributed by atoms with Gasteiger partial charge in [0.2, 0.25) is 0 Å². The van der Waals surface area contributed by atoms with Crippen molar-refractivity contribution >= 4 is 11.6 Å². The predicted molar refractivity (Wildman–Crippen MR) is 74.0 cm³/mol. The molecule has 0 saturated heterocycles. The zero-order chi connectivity index (χ0) is 15.1. The number of halogens is 2. The fraction of sp³-hybridized carbons (Fsp3) is 0.500. The average Bonchev–Trinajstić information content (AvgIpc) is 2.42. The summed E-state index contributed by atoms with van der Waals surface area (Å²) >= 11 is 0. The third-order valence-corrected chi connectivity index (χ3v) is 2.76. The molecule has 1 rings (SSSR count). The molecule has 1 aromatic carbocycles. The molecule has 6 heteroatoms. The topological polar surface area (TPSA) is 41.6 Å². The number of rotatable bonds is 7. The average molecular weight is 286 g/mol. The first kappa shape index (κ1) is 16.4. The van der Waals surface area contributed by atoms with E-state index >= 15 is 0 Å². The Labute approximate surface area is 117 Å². The van der Waals surface area contributed by atoms with Crippen molar-refractivity contribution in [3.8, 4) is 0 Å². The molecule has 0 aliphatic heterocycles. The summed E-state index contributed by atoms with van der Waals surface area (Å²) in [6.45, 7) is 5.30. The molecule has 0 aromatic heterocycles. The van der Waals surface area contributed by atoms with Crippen molar-refractivity contribution in [3.05, 3.63) is 29.3 Å². The van der Waals surface area contributed by atoms with E-state index in [2.05, 4.69) is 5.32 Å². The minimum atomic E-state index is -0.770. The zero-order valence-corrected chi connectivity index (χ0v) is 12.0. The number of ether oxygens (including phenoxy) is 1. The summed E-state index contributed by atoms with van der Waals surface area (Å²) in [7, 11) is 1.56. The number of amides is 1. The summed E-state index contributed by atoms with van der Waals surface area (Å²) in [5, 5.41) is 2.59. The second-order valence-corrected chi connectivity index (χ2v) is 4.27. The fourth-order valence-corrected chi connectivity index (χ4v) is 1.71. The standard InChI is InChI=1S/C14H20F2N2O2/c1-4-17-13-11(15)8-10(9-12(13)16)14(19)18(3)6-7-20-5-2/h8-9,17H,4-7H2,1-3H3. The third kappa shape index (κ3) is 4.16. The maximum absolute atomic E-state index is 13.7. The van der Waals surface area contributed by atoms with E-state index in [9.17, 15) is 13.6 Å². The molecule has 0 unspecified atom stereocenters. The van der Waals surface area contributed by atoms with Crippen LogP contribution in [0.2, 0.25) is 0 Å². The number of benzene rings is 1. The minimum absolute atomic E-state index is 0.0133. The van der Waals surface area contributed by atoms with Crippen LogP contribution < -0.4 is 5.32 Å². The van der Waals surface area contributed by atoms with E-state index in [1.807, 2.05) is 6.92 Å². The summed E-state index contributed by atoms with van der Waals surface area (Å²) in [5.41, 5.74) is -0.221. The number of nitrogens with zero attached hydrogens (tertiary/aromatic N) is 1. The Kier molecular flexibility index (Phi) is 6.38. The summed E-state index contributed by atoms with van der Waals surface area (Å²) in [6, 6.07) is 2.08. The summed E-state index contributed by atoms with van der Waals surface area (Å²) in [5.74, 6) is -1.98. The molecule has 112 valence electrons. The van der Waals surface area contributed by atoms with Gasteiger partial charge >= 0.3 is 0 Å². The van der Waals surface area contributed by atoms with Crippen LogP contribution in [0.25, 0.3) is 0 Å². The minimum Gasteiger partial charge on any atom is -0.381 e. The van der Waals surface area contributed by atoms with Crippen molar-refractivity contribution < 1.29 is 18.3 Å². The third-order valence-electron chi connectivity index (χ3n) is 2.76. The van der Waals surface area contributed by atoms with Crippen LogP contribution in [-0.2, 0) is 4.74 Å². The number of likely N-dealkylation sites (N-methyl/N-ethyl adjacent to an activating group) is 1. The van der Waals surface area contributed by atoms with Gasteiger partial charge in [0.15, 0.2) is 0 Å². The smallest absolute Gasteiger partial charge is 0.253 e. The number of carbonyl (C=O) groups excluding carboxylic acids is 1. The highest BCUT2D eigenvalue weighted by atomic mass is 19.1. The van der Waals surface area contributed by atoms with E-state index in [4.69, 9.17) is 4.74 Å². The van der Waals surface area contributed by atoms with Crippen LogP contribution in [0.1, 0.15) is 24.2 Å². The molecular formula is C14H20F2N2O2. The van der Waals surface area contributed by atoms with Crippen LogP contribution in [-0.4, -0.2) is 44.2 Å². The van der Waals surface area contributed by atoms with Gasteiger partial charge < -0.3 is 15.0 Å². The lowest BCUT2D eigenvalue weighted by Crippen LogP contribution is -2.30. The van der Waals surface area contributed by atoms with Crippen molar-refractivity contribution in [2.45, 2.75) is 13.8 Å². The van der Waals surface area contributed by atoms with Gasteiger partial charge in [-0.25, -0.2) is 8.78 Å². The maximum atomic E-state index is 13.7. The van der Waals surface area contributed by atoms with Gasteiger partial charge in [-0.05, 0) is 26.0 Å². The highest BCUT2D eigenvalue weighted by Crippen LogP contribution is 2.21. The molecular weight excluding hydrogens is 266 g/mol. The number of carbonyl (C=O) groups is 1. The second-order valence-electron chi connectivity index (χ2n) is 4.27. The van der Waals surface area contributed by atoms with Gasteiger partial charge in [-0.2, -0.15) is 0 Å². The molecule has 0 atom stereocenters. The van der Waals surface area contributed by atoms with Crippen LogP contribution in [0.15, 0.2) is 12.1 Å². The van der Waals surface area contributed by atoms with Crippen LogP contribution in [0.3, 0.4) is 0 Å². The normalized spacial score (nSPS) is 10.4. The lowest BCUT2D eigenvalue weighted by molar-refractivity contribution is 0.0709. The molecule has 1 N–H and O–H groups in total. The number of hydrogen-bond donors (Lipinski definition) is 1. The molecule has 0 radical (unpaired) electrons. The molecule has 0 aliphatic carbocycles. The first-order valence-electron chi connectivity index (χ1n) is 6.57. The molecule has 0 saturated carbocycles. The predicted octanol–water partition coefficient (Wildman–Crippen LogP) is 2.51. The number of nitrogens with one attached hydrogen (secondary N) is 1. The Morgan fingerprint density at radius 3 is 2.40 bits per heavy atom. The highest BCUT2D eigenvalue weighted by Gasteiger charge is 2.17. The van der Waals surface area contributed by atoms with Gasteiger partial charge in [0.1, 0.15) is 17.3 Å². The van der Waals surface area contributed by atoms with Crippen molar-refractivity contribution in [1.29, 1.82) is 0 Å². The largest absolute Gasteiger partial charge is 0.381 e. The van der Waals surface area contributed by atoms with E-state index in [1.54, 1.807) is 14.0 Å². The van der Waals surface area contributed by atoms with Gasteiger partial charge in [0.25, 0.3) is 5.91 Å². The Morgan fingerprint density at radius 1 is 1.30 bits per heavy atom. The zero-order valence-electron chi connectivity index (χ0n) is 12.0. The van der Waals surface area contributed by atoms with Crippen LogP contribution in [0.5, 0.6) is 0 Å². The van der Waals surface area contributed by atoms with Crippen molar-refractivity contribution in [2.75, 3.05) is 38.7 Å². The highest BCUT2D eigenvalue weighted by molar-refractivity contribution is 5.94. The van der Waals surface area contributed by atoms with Crippen LogP contribution in [0.4, 0.5) is 14.5 Å². The lowest BCUT2D eigenvalue weighted by Gasteiger charge is -2.17. The van der Waals surface area contributed by atoms with E-state index in [0.717, 1.165) is 12.1 Å². The molecule has 0 spiro atoms. The van der Waals surface area contributed by atoms with Crippen LogP contribution in [0, 0.1) is 11.6 Å². The van der Waals surface area contributed by atoms with Gasteiger partial charge in [-0.3, -0.25) is 4.79 Å². The van der Waals surface area contributed by atoms with Crippen molar-refractivity contribution in [1.82, 2.24) is 4.90 Å². The SMILES string of the molecule is CCNc1c(F)cc(C(=O)N(C)CCOCC)cc1F. The number of anilines is 1. The Morgan fingerprint density at radius 2 is 1.90 bits per heavy atom. The number of hydrogen-bond acceptors (Lipinski definition) is 3. The molecule has 0 fully saturated rings. The first-order chi connectivity index (χ1) is 9.51. The quantitative estimate of drug-likeness (QED) is 0.783. The van der Waals surface area contributed by atoms with E-state index < -0.39 is 17.5 Å².